The first-order valence-corrected chi connectivity index (χ1v) is 6.60. The van der Waals surface area contributed by atoms with E-state index in [1.54, 1.807) is 7.11 Å². The van der Waals surface area contributed by atoms with Gasteiger partial charge in [-0.15, -0.1) is 0 Å². The van der Waals surface area contributed by atoms with Crippen LogP contribution in [0.3, 0.4) is 0 Å². The van der Waals surface area contributed by atoms with Crippen LogP contribution in [0.2, 0.25) is 0 Å². The summed E-state index contributed by atoms with van der Waals surface area (Å²) < 4.78 is 5.16. The van der Waals surface area contributed by atoms with Gasteiger partial charge in [0.05, 0.1) is 7.11 Å². The molecule has 1 saturated carbocycles. The molecule has 0 heterocycles. The van der Waals surface area contributed by atoms with Gasteiger partial charge in [0.15, 0.2) is 0 Å². The van der Waals surface area contributed by atoms with Gasteiger partial charge in [-0.2, -0.15) is 0 Å². The fraction of sp³-hybridized carbons (Fsp3) is 0.600. The number of hydrogen-bond acceptors (Lipinski definition) is 2. The summed E-state index contributed by atoms with van der Waals surface area (Å²) in [6.07, 6.45) is 6.75. The van der Waals surface area contributed by atoms with Crippen molar-refractivity contribution in [3.05, 3.63) is 29.8 Å². The Kier molecular flexibility index (Phi) is 4.06. The first-order chi connectivity index (χ1) is 8.22. The minimum absolute atomic E-state index is 0.345. The number of ether oxygens (including phenoxy) is 1. The predicted octanol–water partition coefficient (Wildman–Crippen LogP) is 3.51. The molecular formula is C15H23NO. The summed E-state index contributed by atoms with van der Waals surface area (Å²) in [6.45, 7) is 3.32. The molecule has 0 bridgehead atoms. The van der Waals surface area contributed by atoms with Gasteiger partial charge in [-0.3, -0.25) is 0 Å². The van der Waals surface area contributed by atoms with Crippen LogP contribution < -0.4 is 10.1 Å². The van der Waals surface area contributed by atoms with Crippen LogP contribution in [0, 0.1) is 0 Å². The third kappa shape index (κ3) is 3.47. The summed E-state index contributed by atoms with van der Waals surface area (Å²) in [5.41, 5.74) is 1.68. The number of methoxy groups -OCH3 is 1. The molecule has 0 amide bonds. The summed E-state index contributed by atoms with van der Waals surface area (Å²) >= 11 is 0. The average molecular weight is 233 g/mol. The third-order valence-corrected chi connectivity index (χ3v) is 3.84. The SMILES string of the molecule is COc1ccc(CNC2(C)CCCCC2)cc1. The fourth-order valence-corrected chi connectivity index (χ4v) is 2.57. The number of rotatable bonds is 4. The molecule has 0 unspecified atom stereocenters. The van der Waals surface area contributed by atoms with Crippen molar-refractivity contribution in [1.82, 2.24) is 5.32 Å². The van der Waals surface area contributed by atoms with Gasteiger partial charge in [-0.25, -0.2) is 0 Å². The second-order valence-corrected chi connectivity index (χ2v) is 5.32. The normalized spacial score (nSPS) is 18.9. The van der Waals surface area contributed by atoms with Crippen LogP contribution in [0.25, 0.3) is 0 Å². The maximum Gasteiger partial charge on any atom is 0.118 e. The Morgan fingerprint density at radius 3 is 2.35 bits per heavy atom. The third-order valence-electron chi connectivity index (χ3n) is 3.84. The Bertz CT molecular complexity index is 338. The lowest BCUT2D eigenvalue weighted by Crippen LogP contribution is -2.43. The van der Waals surface area contributed by atoms with Crippen molar-refractivity contribution in [2.45, 2.75) is 51.1 Å². The summed E-state index contributed by atoms with van der Waals surface area (Å²) in [4.78, 5) is 0. The van der Waals surface area contributed by atoms with Gasteiger partial charge in [0.25, 0.3) is 0 Å². The summed E-state index contributed by atoms with van der Waals surface area (Å²) in [6, 6.07) is 8.33. The summed E-state index contributed by atoms with van der Waals surface area (Å²) in [5, 5.41) is 3.71. The van der Waals surface area contributed by atoms with Crippen LogP contribution in [0.15, 0.2) is 24.3 Å². The average Bonchev–Trinajstić information content (AvgIpc) is 2.38. The van der Waals surface area contributed by atoms with E-state index < -0.39 is 0 Å². The van der Waals surface area contributed by atoms with E-state index in [1.807, 2.05) is 12.1 Å². The lowest BCUT2D eigenvalue weighted by atomic mass is 9.83. The standard InChI is InChI=1S/C15H23NO/c1-15(10-4-3-5-11-15)16-12-13-6-8-14(17-2)9-7-13/h6-9,16H,3-5,10-12H2,1-2H3. The van der Waals surface area contributed by atoms with Gasteiger partial charge < -0.3 is 10.1 Å². The van der Waals surface area contributed by atoms with E-state index in [0.29, 0.717) is 5.54 Å². The van der Waals surface area contributed by atoms with Gasteiger partial charge in [0, 0.05) is 12.1 Å². The highest BCUT2D eigenvalue weighted by molar-refractivity contribution is 5.27. The van der Waals surface area contributed by atoms with Crippen molar-refractivity contribution in [3.63, 3.8) is 0 Å². The molecular weight excluding hydrogens is 210 g/mol. The maximum absolute atomic E-state index is 5.16. The molecule has 1 aromatic carbocycles. The van der Waals surface area contributed by atoms with E-state index in [-0.39, 0.29) is 0 Å². The maximum atomic E-state index is 5.16. The zero-order valence-corrected chi connectivity index (χ0v) is 11.0. The number of hydrogen-bond donors (Lipinski definition) is 1. The van der Waals surface area contributed by atoms with Crippen LogP contribution in [0.5, 0.6) is 5.75 Å². The molecule has 2 rings (SSSR count). The van der Waals surface area contributed by atoms with Crippen LogP contribution in [-0.4, -0.2) is 12.6 Å². The summed E-state index contributed by atoms with van der Waals surface area (Å²) in [7, 11) is 1.70. The van der Waals surface area contributed by atoms with Gasteiger partial charge in [0.2, 0.25) is 0 Å². The highest BCUT2D eigenvalue weighted by Gasteiger charge is 2.25. The first kappa shape index (κ1) is 12.4. The lowest BCUT2D eigenvalue weighted by molar-refractivity contribution is 0.252. The Labute approximate surface area is 104 Å². The van der Waals surface area contributed by atoms with Crippen molar-refractivity contribution in [3.8, 4) is 5.75 Å². The molecule has 1 fully saturated rings. The zero-order valence-electron chi connectivity index (χ0n) is 11.0. The monoisotopic (exact) mass is 233 g/mol. The predicted molar refractivity (Wildman–Crippen MR) is 71.3 cm³/mol. The van der Waals surface area contributed by atoms with Gasteiger partial charge in [0.1, 0.15) is 5.75 Å². The molecule has 0 atom stereocenters. The number of nitrogens with one attached hydrogen (secondary N) is 1. The van der Waals surface area contributed by atoms with E-state index in [9.17, 15) is 0 Å². The van der Waals surface area contributed by atoms with Crippen LogP contribution in [0.4, 0.5) is 0 Å². The molecule has 17 heavy (non-hydrogen) atoms. The molecule has 2 heteroatoms. The molecule has 2 nitrogen and oxygen atoms in total. The molecule has 0 aromatic heterocycles. The molecule has 0 spiro atoms. The Morgan fingerprint density at radius 2 is 1.76 bits per heavy atom. The van der Waals surface area contributed by atoms with E-state index in [4.69, 9.17) is 4.74 Å². The fourth-order valence-electron chi connectivity index (χ4n) is 2.57. The Balaban J connectivity index is 1.87. The highest BCUT2D eigenvalue weighted by atomic mass is 16.5. The Hall–Kier alpha value is -1.02. The largest absolute Gasteiger partial charge is 0.497 e. The van der Waals surface area contributed by atoms with Crippen LogP contribution in [-0.2, 0) is 6.54 Å². The van der Waals surface area contributed by atoms with E-state index in [2.05, 4.69) is 24.4 Å². The van der Waals surface area contributed by atoms with Crippen LogP contribution in [0.1, 0.15) is 44.6 Å². The Morgan fingerprint density at radius 1 is 1.12 bits per heavy atom. The van der Waals surface area contributed by atoms with E-state index >= 15 is 0 Å². The molecule has 1 aromatic rings. The molecule has 1 aliphatic rings. The lowest BCUT2D eigenvalue weighted by Gasteiger charge is -2.34. The van der Waals surface area contributed by atoms with Crippen molar-refractivity contribution in [2.75, 3.05) is 7.11 Å². The minimum atomic E-state index is 0.345. The van der Waals surface area contributed by atoms with Crippen LogP contribution >= 0.6 is 0 Å². The highest BCUT2D eigenvalue weighted by Crippen LogP contribution is 2.27. The zero-order chi connectivity index (χ0) is 12.1. The molecule has 94 valence electrons. The molecule has 0 aliphatic heterocycles. The van der Waals surface area contributed by atoms with Gasteiger partial charge in [-0.05, 0) is 37.5 Å². The molecule has 1 aliphatic carbocycles. The van der Waals surface area contributed by atoms with Crippen molar-refractivity contribution in [2.24, 2.45) is 0 Å². The summed E-state index contributed by atoms with van der Waals surface area (Å²) in [5.74, 6) is 0.928. The second kappa shape index (κ2) is 5.54. The first-order valence-electron chi connectivity index (χ1n) is 6.60. The topological polar surface area (TPSA) is 21.3 Å². The van der Waals surface area contributed by atoms with Gasteiger partial charge in [-0.1, -0.05) is 31.4 Å². The van der Waals surface area contributed by atoms with E-state index in [1.165, 1.54) is 37.7 Å². The molecule has 0 saturated heterocycles. The quantitative estimate of drug-likeness (QED) is 0.859. The van der Waals surface area contributed by atoms with Crippen molar-refractivity contribution < 1.29 is 4.74 Å². The molecule has 0 radical (unpaired) electrons. The van der Waals surface area contributed by atoms with Gasteiger partial charge >= 0.3 is 0 Å². The van der Waals surface area contributed by atoms with E-state index in [0.717, 1.165) is 12.3 Å². The smallest absolute Gasteiger partial charge is 0.118 e. The minimum Gasteiger partial charge on any atom is -0.497 e. The second-order valence-electron chi connectivity index (χ2n) is 5.32. The van der Waals surface area contributed by atoms with Crippen molar-refractivity contribution in [1.29, 1.82) is 0 Å². The molecule has 1 N–H and O–H groups in total. The number of benzene rings is 1. The van der Waals surface area contributed by atoms with Crippen molar-refractivity contribution >= 4 is 0 Å².